The SMILES string of the molecule is CCOc1ccc(CN(CC)C(=O)COC(=O)c2cccc[n+]2[O-])cc1OC. The van der Waals surface area contributed by atoms with Gasteiger partial charge < -0.3 is 24.3 Å². The summed E-state index contributed by atoms with van der Waals surface area (Å²) in [7, 11) is 1.55. The lowest BCUT2D eigenvalue weighted by atomic mass is 10.2. The van der Waals surface area contributed by atoms with Crippen LogP contribution in [0.5, 0.6) is 11.5 Å². The lowest BCUT2D eigenvalue weighted by molar-refractivity contribution is -0.608. The Bertz CT molecular complexity index is 824. The van der Waals surface area contributed by atoms with Crippen molar-refractivity contribution in [2.24, 2.45) is 0 Å². The number of esters is 1. The molecule has 0 radical (unpaired) electrons. The number of amides is 1. The van der Waals surface area contributed by atoms with Crippen molar-refractivity contribution in [3.8, 4) is 11.5 Å². The standard InChI is InChI=1S/C20H24N2O6/c1-4-21(13-15-9-10-17(27-5-2)18(12-15)26-3)19(23)14-28-20(24)16-8-6-7-11-22(16)25/h6-12H,4-5,13-14H2,1-3H3. The first kappa shape index (κ1) is 21.0. The van der Waals surface area contributed by atoms with Crippen LogP contribution in [0.2, 0.25) is 0 Å². The molecule has 0 N–H and O–H groups in total. The molecule has 0 unspecified atom stereocenters. The zero-order valence-corrected chi connectivity index (χ0v) is 16.2. The molecule has 8 nitrogen and oxygen atoms in total. The topological polar surface area (TPSA) is 92.0 Å². The van der Waals surface area contributed by atoms with E-state index in [2.05, 4.69) is 0 Å². The van der Waals surface area contributed by atoms with Crippen molar-refractivity contribution < 1.29 is 28.5 Å². The largest absolute Gasteiger partial charge is 0.618 e. The summed E-state index contributed by atoms with van der Waals surface area (Å²) < 4.78 is 16.2. The normalized spacial score (nSPS) is 10.2. The van der Waals surface area contributed by atoms with Gasteiger partial charge in [0.25, 0.3) is 5.91 Å². The molecule has 0 bridgehead atoms. The molecular formula is C20H24N2O6. The lowest BCUT2D eigenvalue weighted by Crippen LogP contribution is -2.37. The molecule has 0 aliphatic rings. The van der Waals surface area contributed by atoms with Gasteiger partial charge in [0.2, 0.25) is 0 Å². The Morgan fingerprint density at radius 2 is 1.93 bits per heavy atom. The van der Waals surface area contributed by atoms with E-state index in [4.69, 9.17) is 14.2 Å². The summed E-state index contributed by atoms with van der Waals surface area (Å²) in [5.74, 6) is 0.00371. The molecule has 0 saturated heterocycles. The van der Waals surface area contributed by atoms with Gasteiger partial charge in [-0.15, -0.1) is 0 Å². The number of carbonyl (C=O) groups is 2. The molecule has 1 aromatic heterocycles. The maximum absolute atomic E-state index is 12.4. The molecule has 0 aliphatic heterocycles. The second kappa shape index (κ2) is 10.1. The zero-order valence-electron chi connectivity index (χ0n) is 16.2. The van der Waals surface area contributed by atoms with Crippen molar-refractivity contribution >= 4 is 11.9 Å². The number of nitrogens with zero attached hydrogens (tertiary/aromatic N) is 2. The number of hydrogen-bond donors (Lipinski definition) is 0. The minimum Gasteiger partial charge on any atom is -0.618 e. The second-order valence-electron chi connectivity index (χ2n) is 5.81. The molecule has 0 spiro atoms. The monoisotopic (exact) mass is 388 g/mol. The van der Waals surface area contributed by atoms with E-state index < -0.39 is 12.6 Å². The van der Waals surface area contributed by atoms with Crippen LogP contribution in [0.3, 0.4) is 0 Å². The number of benzene rings is 1. The lowest BCUT2D eigenvalue weighted by Gasteiger charge is -2.21. The van der Waals surface area contributed by atoms with Gasteiger partial charge in [-0.1, -0.05) is 6.07 Å². The van der Waals surface area contributed by atoms with Gasteiger partial charge in [-0.25, -0.2) is 4.79 Å². The molecule has 2 rings (SSSR count). The Morgan fingerprint density at radius 3 is 2.57 bits per heavy atom. The highest BCUT2D eigenvalue weighted by Crippen LogP contribution is 2.28. The predicted octanol–water partition coefficient (Wildman–Crippen LogP) is 1.93. The van der Waals surface area contributed by atoms with Gasteiger partial charge >= 0.3 is 11.7 Å². The van der Waals surface area contributed by atoms with Crippen molar-refractivity contribution in [2.45, 2.75) is 20.4 Å². The van der Waals surface area contributed by atoms with Gasteiger partial charge in [0, 0.05) is 25.2 Å². The minimum atomic E-state index is -0.845. The third-order valence-electron chi connectivity index (χ3n) is 4.00. The third-order valence-corrected chi connectivity index (χ3v) is 4.00. The second-order valence-corrected chi connectivity index (χ2v) is 5.81. The quantitative estimate of drug-likeness (QED) is 0.370. The van der Waals surface area contributed by atoms with Crippen molar-refractivity contribution in [3.05, 3.63) is 59.1 Å². The van der Waals surface area contributed by atoms with Gasteiger partial charge in [0.15, 0.2) is 24.3 Å². The van der Waals surface area contributed by atoms with Crippen LogP contribution in [0.4, 0.5) is 0 Å². The summed E-state index contributed by atoms with van der Waals surface area (Å²) in [5, 5.41) is 11.6. The number of methoxy groups -OCH3 is 1. The third kappa shape index (κ3) is 5.35. The molecule has 1 aromatic carbocycles. The van der Waals surface area contributed by atoms with Crippen LogP contribution < -0.4 is 14.2 Å². The molecule has 1 amide bonds. The van der Waals surface area contributed by atoms with E-state index in [1.54, 1.807) is 30.2 Å². The van der Waals surface area contributed by atoms with Gasteiger partial charge in [-0.3, -0.25) is 4.79 Å². The molecule has 28 heavy (non-hydrogen) atoms. The number of likely N-dealkylation sites (N-methyl/N-ethyl adjacent to an activating group) is 1. The highest BCUT2D eigenvalue weighted by atomic mass is 16.5. The Labute approximate surface area is 163 Å². The minimum absolute atomic E-state index is 0.172. The van der Waals surface area contributed by atoms with E-state index in [1.165, 1.54) is 18.3 Å². The summed E-state index contributed by atoms with van der Waals surface area (Å²) in [5.41, 5.74) is 0.678. The Morgan fingerprint density at radius 1 is 1.14 bits per heavy atom. The van der Waals surface area contributed by atoms with Crippen LogP contribution in [-0.2, 0) is 16.1 Å². The predicted molar refractivity (Wildman–Crippen MR) is 101 cm³/mol. The number of hydrogen-bond acceptors (Lipinski definition) is 6. The summed E-state index contributed by atoms with van der Waals surface area (Å²) in [6.07, 6.45) is 1.19. The molecule has 1 heterocycles. The highest BCUT2D eigenvalue weighted by molar-refractivity contribution is 5.88. The zero-order chi connectivity index (χ0) is 20.5. The van der Waals surface area contributed by atoms with E-state index >= 15 is 0 Å². The maximum Gasteiger partial charge on any atom is 0.405 e. The van der Waals surface area contributed by atoms with Gasteiger partial charge in [-0.05, 0) is 37.6 Å². The Balaban J connectivity index is 2.00. The summed E-state index contributed by atoms with van der Waals surface area (Å²) in [6, 6.07) is 9.82. The Kier molecular flexibility index (Phi) is 7.62. The fourth-order valence-electron chi connectivity index (χ4n) is 2.56. The fraction of sp³-hybridized carbons (Fsp3) is 0.350. The van der Waals surface area contributed by atoms with Crippen molar-refractivity contribution in [1.29, 1.82) is 0 Å². The van der Waals surface area contributed by atoms with Gasteiger partial charge in [-0.2, -0.15) is 4.73 Å². The van der Waals surface area contributed by atoms with Crippen LogP contribution in [0.25, 0.3) is 0 Å². The number of carbonyl (C=O) groups excluding carboxylic acids is 2. The first-order valence-corrected chi connectivity index (χ1v) is 8.92. The number of rotatable bonds is 9. The summed E-state index contributed by atoms with van der Waals surface area (Å²) >= 11 is 0. The highest BCUT2D eigenvalue weighted by Gasteiger charge is 2.20. The van der Waals surface area contributed by atoms with Crippen molar-refractivity contribution in [3.63, 3.8) is 0 Å². The van der Waals surface area contributed by atoms with E-state index in [-0.39, 0.29) is 11.6 Å². The molecule has 150 valence electrons. The van der Waals surface area contributed by atoms with E-state index in [9.17, 15) is 14.8 Å². The molecule has 8 heteroatoms. The number of aromatic nitrogens is 1. The van der Waals surface area contributed by atoms with Crippen LogP contribution >= 0.6 is 0 Å². The molecule has 0 atom stereocenters. The molecule has 0 fully saturated rings. The Hall–Kier alpha value is -3.29. The fourth-order valence-corrected chi connectivity index (χ4v) is 2.56. The van der Waals surface area contributed by atoms with E-state index in [0.29, 0.717) is 35.9 Å². The van der Waals surface area contributed by atoms with Crippen LogP contribution in [0.1, 0.15) is 29.9 Å². The van der Waals surface area contributed by atoms with Crippen LogP contribution in [-0.4, -0.2) is 43.6 Å². The molecule has 0 aliphatic carbocycles. The average Bonchev–Trinajstić information content (AvgIpc) is 2.71. The van der Waals surface area contributed by atoms with Gasteiger partial charge in [0.05, 0.1) is 13.7 Å². The summed E-state index contributed by atoms with van der Waals surface area (Å²) in [4.78, 5) is 25.9. The molecule has 0 saturated carbocycles. The van der Waals surface area contributed by atoms with Crippen LogP contribution in [0.15, 0.2) is 42.6 Å². The van der Waals surface area contributed by atoms with Gasteiger partial charge in [0.1, 0.15) is 0 Å². The first-order chi connectivity index (χ1) is 13.5. The maximum atomic E-state index is 12.4. The van der Waals surface area contributed by atoms with Crippen molar-refractivity contribution in [2.75, 3.05) is 26.9 Å². The van der Waals surface area contributed by atoms with E-state index in [1.807, 2.05) is 19.9 Å². The summed E-state index contributed by atoms with van der Waals surface area (Å²) in [6.45, 7) is 4.53. The number of ether oxygens (including phenoxy) is 3. The average molecular weight is 388 g/mol. The van der Waals surface area contributed by atoms with Crippen LogP contribution in [0, 0.1) is 5.21 Å². The van der Waals surface area contributed by atoms with Crippen molar-refractivity contribution in [1.82, 2.24) is 4.90 Å². The first-order valence-electron chi connectivity index (χ1n) is 8.92. The molecular weight excluding hydrogens is 364 g/mol. The molecule has 2 aromatic rings. The number of pyridine rings is 1. The van der Waals surface area contributed by atoms with E-state index in [0.717, 1.165) is 5.56 Å². The smallest absolute Gasteiger partial charge is 0.405 e.